The fraction of sp³-hybridized carbons (Fsp3) is 0.278. The van der Waals surface area contributed by atoms with Crippen molar-refractivity contribution >= 4 is 27.3 Å². The molecule has 0 heterocycles. The Morgan fingerprint density at radius 3 is 2.38 bits per heavy atom. The minimum Gasteiger partial charge on any atom is -0.495 e. The van der Waals surface area contributed by atoms with E-state index < -0.39 is 27.7 Å². The summed E-state index contributed by atoms with van der Waals surface area (Å²) in [6.07, 6.45) is -4.77. The molecule has 2 aromatic rings. The van der Waals surface area contributed by atoms with Crippen molar-refractivity contribution in [3.63, 3.8) is 0 Å². The molecule has 7 nitrogen and oxygen atoms in total. The molecule has 0 spiro atoms. The third-order valence-electron chi connectivity index (χ3n) is 3.87. The molecule has 158 valence electrons. The van der Waals surface area contributed by atoms with Crippen molar-refractivity contribution in [1.29, 1.82) is 0 Å². The van der Waals surface area contributed by atoms with Gasteiger partial charge in [-0.15, -0.1) is 0 Å². The van der Waals surface area contributed by atoms with Gasteiger partial charge in [0.2, 0.25) is 5.91 Å². The number of hydrogen-bond acceptors (Lipinski definition) is 5. The maximum Gasteiger partial charge on any atom is 0.416 e. The Bertz CT molecular complexity index is 1010. The Morgan fingerprint density at radius 1 is 1.14 bits per heavy atom. The van der Waals surface area contributed by atoms with Gasteiger partial charge in [-0.25, -0.2) is 8.42 Å². The van der Waals surface area contributed by atoms with E-state index in [1.54, 1.807) is 0 Å². The number of aliphatic hydroxyl groups is 1. The van der Waals surface area contributed by atoms with Crippen LogP contribution in [0, 0.1) is 6.92 Å². The number of nitrogens with one attached hydrogen (secondary N) is 2. The van der Waals surface area contributed by atoms with Crippen molar-refractivity contribution in [2.24, 2.45) is 0 Å². The zero-order chi connectivity index (χ0) is 21.8. The molecular weight excluding hydrogens is 413 g/mol. The molecule has 2 rings (SSSR count). The SMILES string of the molecule is COc1cc(NC(=O)CCO)ccc1S(=O)(=O)Nc1ccc(C)c(C(F)(F)F)c1. The van der Waals surface area contributed by atoms with Crippen molar-refractivity contribution in [2.75, 3.05) is 23.8 Å². The Kier molecular flexibility index (Phi) is 6.75. The lowest BCUT2D eigenvalue weighted by molar-refractivity contribution is -0.138. The van der Waals surface area contributed by atoms with E-state index >= 15 is 0 Å². The average molecular weight is 432 g/mol. The Hall–Kier alpha value is -2.79. The summed E-state index contributed by atoms with van der Waals surface area (Å²) in [7, 11) is -3.07. The number of carbonyl (C=O) groups excluding carboxylic acids is 1. The molecule has 0 saturated carbocycles. The molecule has 0 unspecified atom stereocenters. The molecular formula is C18H19F3N2O5S. The third-order valence-corrected chi connectivity index (χ3v) is 5.29. The molecule has 0 fully saturated rings. The van der Waals surface area contributed by atoms with Gasteiger partial charge in [-0.3, -0.25) is 9.52 Å². The highest BCUT2D eigenvalue weighted by molar-refractivity contribution is 7.92. The predicted molar refractivity (Wildman–Crippen MR) is 100 cm³/mol. The molecule has 0 aliphatic carbocycles. The minimum absolute atomic E-state index is 0.0407. The molecule has 0 aliphatic heterocycles. The van der Waals surface area contributed by atoms with Gasteiger partial charge >= 0.3 is 6.18 Å². The lowest BCUT2D eigenvalue weighted by atomic mass is 10.1. The summed E-state index contributed by atoms with van der Waals surface area (Å²) in [5, 5.41) is 11.2. The fourth-order valence-electron chi connectivity index (χ4n) is 2.49. The van der Waals surface area contributed by atoms with Crippen LogP contribution < -0.4 is 14.8 Å². The summed E-state index contributed by atoms with van der Waals surface area (Å²) >= 11 is 0. The van der Waals surface area contributed by atoms with E-state index in [4.69, 9.17) is 9.84 Å². The Labute approximate surface area is 165 Å². The lowest BCUT2D eigenvalue weighted by Gasteiger charge is -2.15. The summed E-state index contributed by atoms with van der Waals surface area (Å²) in [6.45, 7) is 0.920. The molecule has 2 aromatic carbocycles. The number of aryl methyl sites for hydroxylation is 1. The average Bonchev–Trinajstić information content (AvgIpc) is 2.62. The number of methoxy groups -OCH3 is 1. The molecule has 3 N–H and O–H groups in total. The van der Waals surface area contributed by atoms with Crippen LogP contribution in [-0.2, 0) is 21.0 Å². The quantitative estimate of drug-likeness (QED) is 0.624. The predicted octanol–water partition coefficient (Wildman–Crippen LogP) is 3.14. The number of carbonyl (C=O) groups is 1. The largest absolute Gasteiger partial charge is 0.495 e. The fourth-order valence-corrected chi connectivity index (χ4v) is 3.69. The van der Waals surface area contributed by atoms with Crippen LogP contribution in [0.2, 0.25) is 0 Å². The molecule has 0 radical (unpaired) electrons. The number of hydrogen-bond donors (Lipinski definition) is 3. The van der Waals surface area contributed by atoms with Crippen molar-refractivity contribution in [1.82, 2.24) is 0 Å². The molecule has 0 saturated heterocycles. The van der Waals surface area contributed by atoms with Crippen LogP contribution in [0.25, 0.3) is 0 Å². The highest BCUT2D eigenvalue weighted by Crippen LogP contribution is 2.34. The maximum atomic E-state index is 13.1. The Balaban J connectivity index is 2.35. The van der Waals surface area contributed by atoms with E-state index in [9.17, 15) is 26.4 Å². The first-order valence-corrected chi connectivity index (χ1v) is 9.75. The van der Waals surface area contributed by atoms with Crippen molar-refractivity contribution in [3.8, 4) is 5.75 Å². The van der Waals surface area contributed by atoms with Crippen LogP contribution in [0.5, 0.6) is 5.75 Å². The van der Waals surface area contributed by atoms with E-state index in [2.05, 4.69) is 10.0 Å². The molecule has 0 bridgehead atoms. The standard InChI is InChI=1S/C18H19F3N2O5S/c1-11-3-4-13(9-14(11)18(19,20)21)23-29(26,27)16-6-5-12(10-15(16)28-2)22-17(25)7-8-24/h3-6,9-10,23-24H,7-8H2,1-2H3,(H,22,25). The molecule has 1 amide bonds. The van der Waals surface area contributed by atoms with Gasteiger partial charge in [-0.1, -0.05) is 6.07 Å². The van der Waals surface area contributed by atoms with Gasteiger partial charge in [-0.2, -0.15) is 13.2 Å². The van der Waals surface area contributed by atoms with E-state index in [0.29, 0.717) is 6.07 Å². The van der Waals surface area contributed by atoms with Gasteiger partial charge in [0.15, 0.2) is 0 Å². The summed E-state index contributed by atoms with van der Waals surface area (Å²) in [6, 6.07) is 6.79. The third kappa shape index (κ3) is 5.61. The number of amides is 1. The Morgan fingerprint density at radius 2 is 1.79 bits per heavy atom. The molecule has 0 atom stereocenters. The number of ether oxygens (including phenoxy) is 1. The molecule has 0 aromatic heterocycles. The number of halogens is 3. The summed E-state index contributed by atoms with van der Waals surface area (Å²) in [5.74, 6) is -0.606. The number of alkyl halides is 3. The number of benzene rings is 2. The summed E-state index contributed by atoms with van der Waals surface area (Å²) in [5.41, 5.74) is -1.02. The van der Waals surface area contributed by atoms with E-state index in [0.717, 1.165) is 12.1 Å². The first-order valence-electron chi connectivity index (χ1n) is 8.27. The van der Waals surface area contributed by atoms with Crippen LogP contribution in [0.1, 0.15) is 17.5 Å². The van der Waals surface area contributed by atoms with Gasteiger partial charge in [0.05, 0.1) is 25.7 Å². The summed E-state index contributed by atoms with van der Waals surface area (Å²) < 4.78 is 71.7. The minimum atomic E-state index is -4.63. The van der Waals surface area contributed by atoms with E-state index in [-0.39, 0.29) is 40.6 Å². The zero-order valence-corrected chi connectivity index (χ0v) is 16.3. The highest BCUT2D eigenvalue weighted by Gasteiger charge is 2.33. The topological polar surface area (TPSA) is 105 Å². The number of aliphatic hydroxyl groups excluding tert-OH is 1. The number of sulfonamides is 1. The van der Waals surface area contributed by atoms with Crippen LogP contribution in [0.3, 0.4) is 0 Å². The van der Waals surface area contributed by atoms with Crippen LogP contribution >= 0.6 is 0 Å². The second-order valence-electron chi connectivity index (χ2n) is 6.02. The molecule has 11 heteroatoms. The van der Waals surface area contributed by atoms with E-state index in [1.165, 1.54) is 32.2 Å². The summed E-state index contributed by atoms with van der Waals surface area (Å²) in [4.78, 5) is 11.2. The molecule has 29 heavy (non-hydrogen) atoms. The van der Waals surface area contributed by atoms with Crippen LogP contribution in [0.4, 0.5) is 24.5 Å². The van der Waals surface area contributed by atoms with Gasteiger partial charge in [0, 0.05) is 17.4 Å². The number of anilines is 2. The van der Waals surface area contributed by atoms with Crippen LogP contribution in [-0.4, -0.2) is 33.1 Å². The monoisotopic (exact) mass is 432 g/mol. The lowest BCUT2D eigenvalue weighted by Crippen LogP contribution is -2.16. The number of rotatable bonds is 7. The van der Waals surface area contributed by atoms with Crippen molar-refractivity contribution in [3.05, 3.63) is 47.5 Å². The second kappa shape index (κ2) is 8.70. The van der Waals surface area contributed by atoms with Crippen molar-refractivity contribution < 1.29 is 36.2 Å². The van der Waals surface area contributed by atoms with Gasteiger partial charge in [0.25, 0.3) is 10.0 Å². The van der Waals surface area contributed by atoms with E-state index in [1.807, 2.05) is 0 Å². The first kappa shape index (κ1) is 22.5. The first-order chi connectivity index (χ1) is 13.5. The molecule has 0 aliphatic rings. The maximum absolute atomic E-state index is 13.1. The van der Waals surface area contributed by atoms with Gasteiger partial charge in [0.1, 0.15) is 10.6 Å². The van der Waals surface area contributed by atoms with Crippen molar-refractivity contribution in [2.45, 2.75) is 24.4 Å². The van der Waals surface area contributed by atoms with Gasteiger partial charge in [-0.05, 0) is 36.8 Å². The van der Waals surface area contributed by atoms with Gasteiger partial charge < -0.3 is 15.2 Å². The van der Waals surface area contributed by atoms with Crippen LogP contribution in [0.15, 0.2) is 41.3 Å². The smallest absolute Gasteiger partial charge is 0.416 e. The highest BCUT2D eigenvalue weighted by atomic mass is 32.2. The normalized spacial score (nSPS) is 11.8. The second-order valence-corrected chi connectivity index (χ2v) is 7.67. The zero-order valence-electron chi connectivity index (χ0n) is 15.5.